The second kappa shape index (κ2) is 5.71. The Labute approximate surface area is 102 Å². The minimum atomic E-state index is -0.338. The van der Waals surface area contributed by atoms with Gasteiger partial charge in [0.2, 0.25) is 0 Å². The van der Waals surface area contributed by atoms with Crippen molar-refractivity contribution in [2.45, 2.75) is 32.3 Å². The Morgan fingerprint density at radius 1 is 1.29 bits per heavy atom. The van der Waals surface area contributed by atoms with Crippen LogP contribution in [-0.2, 0) is 4.79 Å². The molecule has 92 valence electrons. The van der Waals surface area contributed by atoms with Gasteiger partial charge in [0.05, 0.1) is 0 Å². The molecule has 1 aliphatic rings. The van der Waals surface area contributed by atoms with Gasteiger partial charge in [0.1, 0.15) is 5.75 Å². The fraction of sp³-hybridized carbons (Fsp3) is 0.500. The molecule has 3 nitrogen and oxygen atoms in total. The number of rotatable bonds is 4. The van der Waals surface area contributed by atoms with Gasteiger partial charge in [-0.05, 0) is 31.4 Å². The highest BCUT2D eigenvalue weighted by atomic mass is 16.5. The molecule has 3 heteroatoms. The average molecular weight is 233 g/mol. The van der Waals surface area contributed by atoms with Gasteiger partial charge in [0.25, 0.3) is 5.91 Å². The molecule has 17 heavy (non-hydrogen) atoms. The van der Waals surface area contributed by atoms with Crippen molar-refractivity contribution in [1.82, 2.24) is 4.90 Å². The Kier molecular flexibility index (Phi) is 4.02. The summed E-state index contributed by atoms with van der Waals surface area (Å²) in [5.74, 6) is 0.903. The molecule has 1 amide bonds. The number of benzene rings is 1. The van der Waals surface area contributed by atoms with E-state index in [0.29, 0.717) is 6.42 Å². The van der Waals surface area contributed by atoms with Gasteiger partial charge in [-0.1, -0.05) is 25.1 Å². The van der Waals surface area contributed by atoms with Gasteiger partial charge >= 0.3 is 0 Å². The van der Waals surface area contributed by atoms with E-state index >= 15 is 0 Å². The third-order valence-corrected chi connectivity index (χ3v) is 3.09. The number of nitrogens with zero attached hydrogens (tertiary/aromatic N) is 1. The van der Waals surface area contributed by atoms with Crippen LogP contribution in [0.4, 0.5) is 0 Å². The molecule has 0 N–H and O–H groups in total. The summed E-state index contributed by atoms with van der Waals surface area (Å²) >= 11 is 0. The number of ether oxygens (including phenoxy) is 1. The molecular formula is C14H19NO2. The fourth-order valence-electron chi connectivity index (χ4n) is 2.11. The molecule has 0 radical (unpaired) electrons. The number of amides is 1. The third-order valence-electron chi connectivity index (χ3n) is 3.09. The maximum Gasteiger partial charge on any atom is 0.263 e. The Morgan fingerprint density at radius 2 is 1.94 bits per heavy atom. The van der Waals surface area contributed by atoms with Gasteiger partial charge in [-0.25, -0.2) is 0 Å². The molecule has 0 aliphatic carbocycles. The number of carbonyl (C=O) groups is 1. The smallest absolute Gasteiger partial charge is 0.263 e. The number of para-hydroxylation sites is 1. The van der Waals surface area contributed by atoms with E-state index in [4.69, 9.17) is 4.74 Å². The lowest BCUT2D eigenvalue weighted by atomic mass is 10.2. The van der Waals surface area contributed by atoms with Crippen molar-refractivity contribution in [3.63, 3.8) is 0 Å². The zero-order valence-corrected chi connectivity index (χ0v) is 10.3. The van der Waals surface area contributed by atoms with Crippen molar-refractivity contribution in [1.29, 1.82) is 0 Å². The predicted octanol–water partition coefficient (Wildman–Crippen LogP) is 2.47. The van der Waals surface area contributed by atoms with Crippen LogP contribution in [0.3, 0.4) is 0 Å². The predicted molar refractivity (Wildman–Crippen MR) is 67.0 cm³/mol. The van der Waals surface area contributed by atoms with E-state index < -0.39 is 0 Å². The summed E-state index contributed by atoms with van der Waals surface area (Å²) in [6, 6.07) is 9.56. The van der Waals surface area contributed by atoms with Crippen LogP contribution in [-0.4, -0.2) is 30.0 Å². The zero-order chi connectivity index (χ0) is 12.1. The first-order valence-corrected chi connectivity index (χ1v) is 6.31. The van der Waals surface area contributed by atoms with Crippen LogP contribution in [0.25, 0.3) is 0 Å². The Bertz CT molecular complexity index is 358. The molecule has 0 unspecified atom stereocenters. The van der Waals surface area contributed by atoms with E-state index in [1.165, 1.54) is 0 Å². The van der Waals surface area contributed by atoms with Crippen LogP contribution in [0.2, 0.25) is 0 Å². The number of likely N-dealkylation sites (tertiary alicyclic amines) is 1. The van der Waals surface area contributed by atoms with Crippen LogP contribution in [0.15, 0.2) is 30.3 Å². The molecule has 1 aliphatic heterocycles. The van der Waals surface area contributed by atoms with Crippen molar-refractivity contribution in [2.75, 3.05) is 13.1 Å². The standard InChI is InChI=1S/C14H19NO2/c1-2-13(14(16)15-10-6-7-11-15)17-12-8-4-3-5-9-12/h3-5,8-9,13H,2,6-7,10-11H2,1H3/t13-/m0/s1. The molecule has 1 aromatic rings. The van der Waals surface area contributed by atoms with Crippen molar-refractivity contribution in [3.8, 4) is 5.75 Å². The molecule has 0 aromatic heterocycles. The summed E-state index contributed by atoms with van der Waals surface area (Å²) in [6.07, 6.45) is 2.61. The lowest BCUT2D eigenvalue weighted by Crippen LogP contribution is -2.40. The van der Waals surface area contributed by atoms with E-state index in [2.05, 4.69) is 0 Å². The molecule has 1 aromatic carbocycles. The summed E-state index contributed by atoms with van der Waals surface area (Å²) in [7, 11) is 0. The first-order chi connectivity index (χ1) is 8.31. The summed E-state index contributed by atoms with van der Waals surface area (Å²) in [6.45, 7) is 3.75. The molecule has 0 saturated carbocycles. The lowest BCUT2D eigenvalue weighted by molar-refractivity contribution is -0.137. The molecule has 1 saturated heterocycles. The van der Waals surface area contributed by atoms with E-state index in [0.717, 1.165) is 31.7 Å². The van der Waals surface area contributed by atoms with Crippen molar-refractivity contribution in [2.24, 2.45) is 0 Å². The summed E-state index contributed by atoms with van der Waals surface area (Å²) in [5, 5.41) is 0. The van der Waals surface area contributed by atoms with Crippen LogP contribution in [0.5, 0.6) is 5.75 Å². The highest BCUT2D eigenvalue weighted by Gasteiger charge is 2.26. The Morgan fingerprint density at radius 3 is 2.53 bits per heavy atom. The molecule has 1 fully saturated rings. The third kappa shape index (κ3) is 2.99. The maximum absolute atomic E-state index is 12.2. The van der Waals surface area contributed by atoms with Gasteiger partial charge in [-0.3, -0.25) is 4.79 Å². The molecule has 1 heterocycles. The van der Waals surface area contributed by atoms with Gasteiger partial charge in [-0.2, -0.15) is 0 Å². The van der Waals surface area contributed by atoms with Gasteiger partial charge in [0.15, 0.2) is 6.10 Å². The number of hydrogen-bond acceptors (Lipinski definition) is 2. The SMILES string of the molecule is CC[C@H](Oc1ccccc1)C(=O)N1CCCC1. The van der Waals surface area contributed by atoms with Gasteiger partial charge in [0, 0.05) is 13.1 Å². The zero-order valence-electron chi connectivity index (χ0n) is 10.3. The van der Waals surface area contributed by atoms with E-state index in [9.17, 15) is 4.79 Å². The van der Waals surface area contributed by atoms with Crippen LogP contribution in [0, 0.1) is 0 Å². The fourth-order valence-corrected chi connectivity index (χ4v) is 2.11. The van der Waals surface area contributed by atoms with Crippen molar-refractivity contribution >= 4 is 5.91 Å². The van der Waals surface area contributed by atoms with Gasteiger partial charge in [-0.15, -0.1) is 0 Å². The molecule has 2 rings (SSSR count). The minimum absolute atomic E-state index is 0.133. The van der Waals surface area contributed by atoms with Crippen molar-refractivity contribution in [3.05, 3.63) is 30.3 Å². The highest BCUT2D eigenvalue weighted by Crippen LogP contribution is 2.16. The maximum atomic E-state index is 12.2. The second-order valence-corrected chi connectivity index (χ2v) is 4.36. The van der Waals surface area contributed by atoms with Gasteiger partial charge < -0.3 is 9.64 Å². The Balaban J connectivity index is 1.98. The Hall–Kier alpha value is -1.51. The van der Waals surface area contributed by atoms with E-state index in [1.54, 1.807) is 0 Å². The average Bonchev–Trinajstić information content (AvgIpc) is 2.90. The first-order valence-electron chi connectivity index (χ1n) is 6.31. The first kappa shape index (κ1) is 12.0. The normalized spacial score (nSPS) is 16.9. The van der Waals surface area contributed by atoms with Crippen LogP contribution >= 0.6 is 0 Å². The number of hydrogen-bond donors (Lipinski definition) is 0. The molecule has 1 atom stereocenters. The lowest BCUT2D eigenvalue weighted by Gasteiger charge is -2.23. The van der Waals surface area contributed by atoms with E-state index in [1.807, 2.05) is 42.2 Å². The van der Waals surface area contributed by atoms with Crippen LogP contribution < -0.4 is 4.74 Å². The second-order valence-electron chi connectivity index (χ2n) is 4.36. The van der Waals surface area contributed by atoms with Crippen molar-refractivity contribution < 1.29 is 9.53 Å². The summed E-state index contributed by atoms with van der Waals surface area (Å²) in [4.78, 5) is 14.1. The summed E-state index contributed by atoms with van der Waals surface area (Å²) < 4.78 is 5.75. The summed E-state index contributed by atoms with van der Waals surface area (Å²) in [5.41, 5.74) is 0. The molecule has 0 spiro atoms. The topological polar surface area (TPSA) is 29.5 Å². The monoisotopic (exact) mass is 233 g/mol. The van der Waals surface area contributed by atoms with Crippen LogP contribution in [0.1, 0.15) is 26.2 Å². The minimum Gasteiger partial charge on any atom is -0.481 e. The largest absolute Gasteiger partial charge is 0.481 e. The molecule has 0 bridgehead atoms. The quantitative estimate of drug-likeness (QED) is 0.799. The van der Waals surface area contributed by atoms with E-state index in [-0.39, 0.29) is 12.0 Å². The number of carbonyl (C=O) groups excluding carboxylic acids is 1. The highest BCUT2D eigenvalue weighted by molar-refractivity contribution is 5.81. The molecular weight excluding hydrogens is 214 g/mol.